The molecule has 1 unspecified atom stereocenters. The maximum Gasteiger partial charge on any atom is 0.408 e. The van der Waals surface area contributed by atoms with E-state index in [0.717, 1.165) is 25.0 Å². The molecule has 6 nitrogen and oxygen atoms in total. The van der Waals surface area contributed by atoms with E-state index >= 15 is 0 Å². The number of nitrogens with one attached hydrogen (secondary N) is 1. The third-order valence-electron chi connectivity index (χ3n) is 4.75. The van der Waals surface area contributed by atoms with Crippen LogP contribution in [-0.4, -0.2) is 51.1 Å². The van der Waals surface area contributed by atoms with Gasteiger partial charge in [0.05, 0.1) is 18.3 Å². The lowest BCUT2D eigenvalue weighted by atomic mass is 9.98. The van der Waals surface area contributed by atoms with Gasteiger partial charge in [-0.05, 0) is 30.5 Å². The summed E-state index contributed by atoms with van der Waals surface area (Å²) in [6.45, 7) is 0.0341. The van der Waals surface area contributed by atoms with Gasteiger partial charge in [-0.15, -0.1) is 5.10 Å². The molecule has 144 valence electrons. The van der Waals surface area contributed by atoms with E-state index in [1.807, 2.05) is 0 Å². The van der Waals surface area contributed by atoms with Crippen LogP contribution in [0.5, 0.6) is 0 Å². The van der Waals surface area contributed by atoms with E-state index in [2.05, 4.69) is 15.6 Å². The quantitative estimate of drug-likeness (QED) is 0.806. The molecule has 2 aromatic rings. The summed E-state index contributed by atoms with van der Waals surface area (Å²) in [5, 5.41) is 10.4. The molecule has 27 heavy (non-hydrogen) atoms. The molecule has 1 aromatic heterocycles. The molecule has 2 fully saturated rings. The van der Waals surface area contributed by atoms with Crippen molar-refractivity contribution in [2.45, 2.75) is 37.1 Å². The van der Waals surface area contributed by atoms with Crippen molar-refractivity contribution in [1.82, 2.24) is 25.2 Å². The van der Waals surface area contributed by atoms with Crippen LogP contribution in [0.1, 0.15) is 41.0 Å². The number of alkyl halides is 3. The Balaban J connectivity index is 1.38. The molecule has 1 saturated heterocycles. The average molecular weight is 383 g/mol. The van der Waals surface area contributed by atoms with Crippen molar-refractivity contribution >= 4 is 5.91 Å². The molecule has 10 heteroatoms. The maximum atomic E-state index is 13.5. The maximum absolute atomic E-state index is 13.5. The summed E-state index contributed by atoms with van der Waals surface area (Å²) in [6, 6.07) is 2.45. The SMILES string of the molecule is O=C(NC1CN(C(c2cccc(F)c2)C(F)(F)F)C1)c1cn(C2CC2)nn1. The number of rotatable bonds is 5. The molecular weight excluding hydrogens is 366 g/mol. The molecule has 4 rings (SSSR count). The standard InChI is InChI=1S/C17H17F4N5O/c18-11-3-1-2-10(6-11)15(17(19,20)21)25-7-12(8-25)22-16(27)14-9-26(24-23-14)13-4-5-13/h1-3,6,9,12-13,15H,4-5,7-8H2,(H,22,27). The molecule has 0 bridgehead atoms. The fourth-order valence-corrected chi connectivity index (χ4v) is 3.26. The van der Waals surface area contributed by atoms with E-state index in [4.69, 9.17) is 0 Å². The lowest BCUT2D eigenvalue weighted by Gasteiger charge is -2.44. The molecule has 2 heterocycles. The van der Waals surface area contributed by atoms with Crippen LogP contribution in [0.2, 0.25) is 0 Å². The van der Waals surface area contributed by atoms with Gasteiger partial charge in [-0.3, -0.25) is 9.69 Å². The lowest BCUT2D eigenvalue weighted by Crippen LogP contribution is -2.61. The minimum atomic E-state index is -4.55. The van der Waals surface area contributed by atoms with Gasteiger partial charge in [-0.1, -0.05) is 17.3 Å². The van der Waals surface area contributed by atoms with Crippen LogP contribution in [0, 0.1) is 5.82 Å². The first-order valence-electron chi connectivity index (χ1n) is 8.60. The summed E-state index contributed by atoms with van der Waals surface area (Å²) in [5.74, 6) is -1.17. The highest BCUT2D eigenvalue weighted by atomic mass is 19.4. The van der Waals surface area contributed by atoms with E-state index in [9.17, 15) is 22.4 Å². The highest BCUT2D eigenvalue weighted by Crippen LogP contribution is 2.40. The van der Waals surface area contributed by atoms with Crippen molar-refractivity contribution in [3.63, 3.8) is 0 Å². The summed E-state index contributed by atoms with van der Waals surface area (Å²) in [6.07, 6.45) is -0.994. The zero-order valence-corrected chi connectivity index (χ0v) is 14.2. The Kier molecular flexibility index (Phi) is 4.37. The van der Waals surface area contributed by atoms with E-state index in [-0.39, 0.29) is 30.4 Å². The topological polar surface area (TPSA) is 63.1 Å². The number of halogens is 4. The zero-order chi connectivity index (χ0) is 19.2. The van der Waals surface area contributed by atoms with Crippen LogP contribution in [0.15, 0.2) is 30.5 Å². The number of carbonyl (C=O) groups is 1. The van der Waals surface area contributed by atoms with Crippen LogP contribution in [0.4, 0.5) is 17.6 Å². The van der Waals surface area contributed by atoms with E-state index in [0.29, 0.717) is 0 Å². The first kappa shape index (κ1) is 17.9. The predicted molar refractivity (Wildman–Crippen MR) is 86.3 cm³/mol. The second kappa shape index (κ2) is 6.59. The Labute approximate surface area is 152 Å². The second-order valence-electron chi connectivity index (χ2n) is 6.94. The highest BCUT2D eigenvalue weighted by molar-refractivity contribution is 5.92. The van der Waals surface area contributed by atoms with Gasteiger partial charge >= 0.3 is 6.18 Å². The average Bonchev–Trinajstić information content (AvgIpc) is 3.28. The molecule has 2 aliphatic rings. The number of amides is 1. The molecular formula is C17H17F4N5O. The van der Waals surface area contributed by atoms with Crippen LogP contribution < -0.4 is 5.32 Å². The molecule has 1 amide bonds. The van der Waals surface area contributed by atoms with Crippen LogP contribution in [-0.2, 0) is 0 Å². The van der Waals surface area contributed by atoms with Gasteiger partial charge in [-0.2, -0.15) is 13.2 Å². The first-order chi connectivity index (χ1) is 12.8. The minimum absolute atomic E-state index is 0.0171. The summed E-state index contributed by atoms with van der Waals surface area (Å²) >= 11 is 0. The Morgan fingerprint density at radius 3 is 2.63 bits per heavy atom. The minimum Gasteiger partial charge on any atom is -0.345 e. The monoisotopic (exact) mass is 383 g/mol. The third kappa shape index (κ3) is 3.80. The smallest absolute Gasteiger partial charge is 0.345 e. The summed E-state index contributed by atoms with van der Waals surface area (Å²) in [5.41, 5.74) is -0.00231. The molecule has 1 aromatic carbocycles. The van der Waals surface area contributed by atoms with Crippen LogP contribution in [0.3, 0.4) is 0 Å². The molecule has 1 saturated carbocycles. The number of carbonyl (C=O) groups excluding carboxylic acids is 1. The van der Waals surface area contributed by atoms with Gasteiger partial charge in [0, 0.05) is 13.1 Å². The molecule has 1 N–H and O–H groups in total. The highest BCUT2D eigenvalue weighted by Gasteiger charge is 2.49. The summed E-state index contributed by atoms with van der Waals surface area (Å²) in [4.78, 5) is 13.3. The third-order valence-corrected chi connectivity index (χ3v) is 4.75. The van der Waals surface area contributed by atoms with E-state index in [1.165, 1.54) is 17.0 Å². The first-order valence-corrected chi connectivity index (χ1v) is 8.60. The molecule has 0 spiro atoms. The largest absolute Gasteiger partial charge is 0.408 e. The number of nitrogens with zero attached hydrogens (tertiary/aromatic N) is 4. The van der Waals surface area contributed by atoms with Crippen LogP contribution in [0.25, 0.3) is 0 Å². The number of benzene rings is 1. The van der Waals surface area contributed by atoms with E-state index < -0.39 is 30.0 Å². The van der Waals surface area contributed by atoms with Crippen molar-refractivity contribution in [2.75, 3.05) is 13.1 Å². The van der Waals surface area contributed by atoms with Crippen molar-refractivity contribution < 1.29 is 22.4 Å². The Bertz CT molecular complexity index is 842. The van der Waals surface area contributed by atoms with E-state index in [1.54, 1.807) is 10.9 Å². The predicted octanol–water partition coefficient (Wildman–Crippen LogP) is 2.47. The summed E-state index contributed by atoms with van der Waals surface area (Å²) < 4.78 is 55.4. The van der Waals surface area contributed by atoms with Crippen LogP contribution >= 0.6 is 0 Å². The van der Waals surface area contributed by atoms with Gasteiger partial charge in [0.1, 0.15) is 11.9 Å². The summed E-state index contributed by atoms with van der Waals surface area (Å²) in [7, 11) is 0. The van der Waals surface area contributed by atoms with Crippen molar-refractivity contribution in [3.8, 4) is 0 Å². The normalized spacial score (nSPS) is 19.6. The number of hydrogen-bond acceptors (Lipinski definition) is 4. The molecule has 1 atom stereocenters. The molecule has 1 aliphatic carbocycles. The lowest BCUT2D eigenvalue weighted by molar-refractivity contribution is -0.198. The van der Waals surface area contributed by atoms with Gasteiger partial charge in [0.2, 0.25) is 0 Å². The number of aromatic nitrogens is 3. The van der Waals surface area contributed by atoms with Crippen molar-refractivity contribution in [1.29, 1.82) is 0 Å². The van der Waals surface area contributed by atoms with Gasteiger partial charge in [0.15, 0.2) is 5.69 Å². The Morgan fingerprint density at radius 1 is 1.26 bits per heavy atom. The van der Waals surface area contributed by atoms with Gasteiger partial charge in [-0.25, -0.2) is 9.07 Å². The fourth-order valence-electron chi connectivity index (χ4n) is 3.26. The number of hydrogen-bond donors (Lipinski definition) is 1. The van der Waals surface area contributed by atoms with Crippen molar-refractivity contribution in [3.05, 3.63) is 47.5 Å². The molecule has 0 radical (unpaired) electrons. The van der Waals surface area contributed by atoms with Gasteiger partial charge in [0.25, 0.3) is 5.91 Å². The zero-order valence-electron chi connectivity index (χ0n) is 14.2. The number of likely N-dealkylation sites (tertiary alicyclic amines) is 1. The van der Waals surface area contributed by atoms with Gasteiger partial charge < -0.3 is 5.32 Å². The Hall–Kier alpha value is -2.49. The molecule has 1 aliphatic heterocycles. The second-order valence-corrected chi connectivity index (χ2v) is 6.94. The fraction of sp³-hybridized carbons (Fsp3) is 0.471. The van der Waals surface area contributed by atoms with Crippen molar-refractivity contribution in [2.24, 2.45) is 0 Å². The Morgan fingerprint density at radius 2 is 2.00 bits per heavy atom.